The van der Waals surface area contributed by atoms with Crippen molar-refractivity contribution in [2.75, 3.05) is 13.7 Å². The number of nitrogens with two attached hydrogens (primary N) is 1. The number of fused-ring (bicyclic) bond motifs is 2. The maximum absolute atomic E-state index is 6.12. The highest BCUT2D eigenvalue weighted by molar-refractivity contribution is 6.76. The minimum absolute atomic E-state index is 0.363. The van der Waals surface area contributed by atoms with Crippen molar-refractivity contribution in [3.63, 3.8) is 0 Å². The molecular weight excluding hydrogens is 406 g/mol. The first-order valence-corrected chi connectivity index (χ1v) is 14.3. The molecule has 0 saturated carbocycles. The minimum atomic E-state index is -1.16. The molecule has 0 atom stereocenters. The Morgan fingerprint density at radius 2 is 1.97 bits per heavy atom. The highest BCUT2D eigenvalue weighted by Gasteiger charge is 2.19. The van der Waals surface area contributed by atoms with Gasteiger partial charge in [-0.05, 0) is 30.3 Å². The topological polar surface area (TPSA) is 80.1 Å². The molecule has 164 valence electrons. The zero-order chi connectivity index (χ0) is 22.2. The van der Waals surface area contributed by atoms with E-state index in [4.69, 9.17) is 20.2 Å². The van der Waals surface area contributed by atoms with Crippen LogP contribution in [0.4, 0.5) is 0 Å². The molecule has 0 bridgehead atoms. The van der Waals surface area contributed by atoms with Crippen LogP contribution in [0.5, 0.6) is 5.75 Å². The molecule has 2 N–H and O–H groups in total. The molecule has 0 amide bonds. The summed E-state index contributed by atoms with van der Waals surface area (Å²) in [5.74, 6) is 0.829. The van der Waals surface area contributed by atoms with Gasteiger partial charge in [0.25, 0.3) is 0 Å². The summed E-state index contributed by atoms with van der Waals surface area (Å²) in [7, 11) is 2.58. The Kier molecular flexibility index (Phi) is 5.87. The summed E-state index contributed by atoms with van der Waals surface area (Å²) in [5, 5.41) is 1.12. The van der Waals surface area contributed by atoms with Crippen molar-refractivity contribution in [1.29, 1.82) is 0 Å². The summed E-state index contributed by atoms with van der Waals surface area (Å²) in [6, 6.07) is 9.34. The lowest BCUT2D eigenvalue weighted by molar-refractivity contribution is 0.0909. The van der Waals surface area contributed by atoms with Gasteiger partial charge in [0.1, 0.15) is 18.0 Å². The van der Waals surface area contributed by atoms with Crippen LogP contribution in [0, 0.1) is 0 Å². The molecule has 3 aromatic heterocycles. The van der Waals surface area contributed by atoms with E-state index in [2.05, 4.69) is 65.2 Å². The van der Waals surface area contributed by atoms with Crippen LogP contribution in [0.1, 0.15) is 5.69 Å². The van der Waals surface area contributed by atoms with Crippen LogP contribution in [0.15, 0.2) is 36.7 Å². The van der Waals surface area contributed by atoms with E-state index in [1.54, 1.807) is 13.3 Å². The second-order valence-corrected chi connectivity index (χ2v) is 14.7. The standard InChI is InChI=1S/C23H31N5O2Si/c1-27-14-19(18-10-17(29-2)6-7-21(18)27)22-11-20-23(25-13-16(12-24)26-20)28(22)15-30-8-9-31(3,4)5/h6-7,10-11,13-14H,8-9,12,15,24H2,1-5H3. The van der Waals surface area contributed by atoms with Crippen LogP contribution in [-0.2, 0) is 25.1 Å². The number of rotatable bonds is 8. The molecule has 3 heterocycles. The molecule has 0 aliphatic rings. The van der Waals surface area contributed by atoms with Gasteiger partial charge in [0.2, 0.25) is 0 Å². The van der Waals surface area contributed by atoms with Crippen molar-refractivity contribution in [2.45, 2.75) is 39.0 Å². The van der Waals surface area contributed by atoms with E-state index in [1.165, 1.54) is 0 Å². The number of ether oxygens (including phenoxy) is 2. The summed E-state index contributed by atoms with van der Waals surface area (Å²) in [5.41, 5.74) is 11.5. The molecule has 1 aromatic carbocycles. The van der Waals surface area contributed by atoms with E-state index in [-0.39, 0.29) is 0 Å². The molecule has 0 unspecified atom stereocenters. The van der Waals surface area contributed by atoms with Gasteiger partial charge in [-0.25, -0.2) is 9.97 Å². The lowest BCUT2D eigenvalue weighted by Crippen LogP contribution is -2.22. The predicted octanol–water partition coefficient (Wildman–Crippen LogP) is 4.37. The van der Waals surface area contributed by atoms with Gasteiger partial charge in [-0.2, -0.15) is 0 Å². The van der Waals surface area contributed by atoms with E-state index in [9.17, 15) is 0 Å². The van der Waals surface area contributed by atoms with Gasteiger partial charge in [0.15, 0.2) is 5.65 Å². The maximum Gasteiger partial charge on any atom is 0.161 e. The van der Waals surface area contributed by atoms with Crippen LogP contribution in [0.3, 0.4) is 0 Å². The van der Waals surface area contributed by atoms with Gasteiger partial charge >= 0.3 is 0 Å². The molecule has 8 heteroatoms. The molecule has 7 nitrogen and oxygen atoms in total. The second-order valence-electron chi connectivity index (χ2n) is 9.12. The predicted molar refractivity (Wildman–Crippen MR) is 128 cm³/mol. The Labute approximate surface area is 183 Å². The molecule has 0 aliphatic heterocycles. The number of methoxy groups -OCH3 is 1. The maximum atomic E-state index is 6.12. The van der Waals surface area contributed by atoms with Crippen molar-refractivity contribution < 1.29 is 9.47 Å². The van der Waals surface area contributed by atoms with Gasteiger partial charge in [-0.3, -0.25) is 4.57 Å². The first-order chi connectivity index (χ1) is 14.8. The fourth-order valence-corrected chi connectivity index (χ4v) is 4.51. The van der Waals surface area contributed by atoms with Crippen molar-refractivity contribution in [2.24, 2.45) is 12.8 Å². The number of aromatic nitrogens is 4. The van der Waals surface area contributed by atoms with Crippen molar-refractivity contribution in [3.8, 4) is 17.0 Å². The zero-order valence-corrected chi connectivity index (χ0v) is 20.0. The number of hydrogen-bond donors (Lipinski definition) is 1. The number of benzene rings is 1. The second kappa shape index (κ2) is 8.45. The largest absolute Gasteiger partial charge is 0.497 e. The highest BCUT2D eigenvalue weighted by atomic mass is 28.3. The zero-order valence-electron chi connectivity index (χ0n) is 19.0. The van der Waals surface area contributed by atoms with Crippen molar-refractivity contribution in [1.82, 2.24) is 19.1 Å². The van der Waals surface area contributed by atoms with Crippen molar-refractivity contribution >= 4 is 30.1 Å². The molecule has 0 saturated heterocycles. The fraction of sp³-hybridized carbons (Fsp3) is 0.391. The Morgan fingerprint density at radius 3 is 2.68 bits per heavy atom. The Morgan fingerprint density at radius 1 is 1.16 bits per heavy atom. The molecule has 0 spiro atoms. The SMILES string of the molecule is COc1ccc2c(c1)c(-c1cc3nc(CN)cnc3n1COCC[Si](C)(C)C)cn2C. The lowest BCUT2D eigenvalue weighted by Gasteiger charge is -2.16. The van der Waals surface area contributed by atoms with Crippen molar-refractivity contribution in [3.05, 3.63) is 42.4 Å². The summed E-state index contributed by atoms with van der Waals surface area (Å²) >= 11 is 0. The van der Waals surface area contributed by atoms with Gasteiger partial charge in [0, 0.05) is 50.9 Å². The molecular formula is C23H31N5O2Si. The fourth-order valence-electron chi connectivity index (χ4n) is 3.75. The third-order valence-electron chi connectivity index (χ3n) is 5.55. The molecule has 0 aliphatic carbocycles. The number of aryl methyl sites for hydroxylation is 1. The molecule has 4 aromatic rings. The Bertz CT molecular complexity index is 1220. The minimum Gasteiger partial charge on any atom is -0.497 e. The molecule has 31 heavy (non-hydrogen) atoms. The van der Waals surface area contributed by atoms with E-state index in [0.29, 0.717) is 13.3 Å². The smallest absolute Gasteiger partial charge is 0.161 e. The van der Waals surface area contributed by atoms with Crippen LogP contribution >= 0.6 is 0 Å². The van der Waals surface area contributed by atoms with E-state index in [0.717, 1.165) is 57.4 Å². The lowest BCUT2D eigenvalue weighted by atomic mass is 10.1. The average molecular weight is 438 g/mol. The van der Waals surface area contributed by atoms with Gasteiger partial charge in [-0.15, -0.1) is 0 Å². The van der Waals surface area contributed by atoms with E-state index >= 15 is 0 Å². The van der Waals surface area contributed by atoms with E-state index < -0.39 is 8.07 Å². The molecule has 4 rings (SSSR count). The monoisotopic (exact) mass is 437 g/mol. The first kappa shape index (κ1) is 21.5. The third kappa shape index (κ3) is 4.37. The average Bonchev–Trinajstić information content (AvgIpc) is 3.26. The number of hydrogen-bond acceptors (Lipinski definition) is 5. The Balaban J connectivity index is 1.82. The van der Waals surface area contributed by atoms with Crippen LogP contribution < -0.4 is 10.5 Å². The van der Waals surface area contributed by atoms with Gasteiger partial charge in [-0.1, -0.05) is 19.6 Å². The number of nitrogens with zero attached hydrogens (tertiary/aromatic N) is 4. The first-order valence-electron chi connectivity index (χ1n) is 10.6. The van der Waals surface area contributed by atoms with Crippen LogP contribution in [-0.4, -0.2) is 40.9 Å². The van der Waals surface area contributed by atoms with Gasteiger partial charge in [0.05, 0.1) is 24.7 Å². The summed E-state index contributed by atoms with van der Waals surface area (Å²) in [4.78, 5) is 9.36. The summed E-state index contributed by atoms with van der Waals surface area (Å²) in [6.45, 7) is 8.61. The normalized spacial score (nSPS) is 12.2. The Hall–Kier alpha value is -2.68. The quantitative estimate of drug-likeness (QED) is 0.327. The van der Waals surface area contributed by atoms with E-state index in [1.807, 2.05) is 6.07 Å². The summed E-state index contributed by atoms with van der Waals surface area (Å²) in [6.07, 6.45) is 3.89. The van der Waals surface area contributed by atoms with Crippen LogP contribution in [0.25, 0.3) is 33.3 Å². The molecule has 0 fully saturated rings. The van der Waals surface area contributed by atoms with Gasteiger partial charge < -0.3 is 19.8 Å². The van der Waals surface area contributed by atoms with Crippen LogP contribution in [0.2, 0.25) is 25.7 Å². The highest BCUT2D eigenvalue weighted by Crippen LogP contribution is 2.35. The molecule has 0 radical (unpaired) electrons. The third-order valence-corrected chi connectivity index (χ3v) is 7.25. The summed E-state index contributed by atoms with van der Waals surface area (Å²) < 4.78 is 15.8.